The van der Waals surface area contributed by atoms with E-state index in [0.29, 0.717) is 48.6 Å². The van der Waals surface area contributed by atoms with Crippen LogP contribution in [0.2, 0.25) is 0 Å². The smallest absolute Gasteiger partial charge is 0.127 e. The number of hydrogen-bond donors (Lipinski definition) is 0. The summed E-state index contributed by atoms with van der Waals surface area (Å²) in [6, 6.07) is 8.23. The SMILES string of the molecule is C=C(C)C1CCCCO1.C=C(C)C1CCc2ccccc2O1.C=C(C)[C@@H]1CCCO1.C=C(CC(C)C)C1CCCCO1.C=C(CC)C1CCCCO1.C=C(CCCCC)C1CCCCO1.C=CC1(C)CCCCO1.C=CC1CCCC(C)(C)O1.C=C[C@@H]1CCCO1.C=C[C@]1(C)CCc2c(C)c(C)c(C)c(C)c2O1. The van der Waals surface area contributed by atoms with Crippen LogP contribution in [0.5, 0.6) is 11.5 Å². The van der Waals surface area contributed by atoms with Crippen LogP contribution in [0.1, 0.15) is 302 Å². The molecule has 2 aromatic carbocycles. The molecule has 0 bridgehead atoms. The first kappa shape index (κ1) is 97.3. The highest BCUT2D eigenvalue weighted by Gasteiger charge is 2.32. The summed E-state index contributed by atoms with van der Waals surface area (Å²) >= 11 is 0. The van der Waals surface area contributed by atoms with Gasteiger partial charge in [0, 0.05) is 46.2 Å². The van der Waals surface area contributed by atoms with E-state index in [1.807, 2.05) is 57.2 Å². The van der Waals surface area contributed by atoms with E-state index in [1.165, 1.54) is 215 Å². The van der Waals surface area contributed by atoms with Crippen molar-refractivity contribution in [2.75, 3.05) is 46.2 Å². The first-order valence-electron chi connectivity index (χ1n) is 42.6. The van der Waals surface area contributed by atoms with Crippen LogP contribution in [0.3, 0.4) is 0 Å². The largest absolute Gasteiger partial charge is 0.486 e. The molecule has 8 fully saturated rings. The average Bonchev–Trinajstić information content (AvgIpc) is 0.842. The molecule has 612 valence electrons. The molecule has 0 N–H and O–H groups in total. The van der Waals surface area contributed by atoms with E-state index in [2.05, 4.69) is 161 Å². The standard InChI is InChI=1S/C16H22O.C12H14O.C12H22O.C11H20O.2C9H16O.2C8H14O.C7H12O.C6H10O/c1-7-16(6)9-8-14-12(4)10(2)11(3)13(5)15(14)17-16;1-9(2)11-8-7-10-5-3-4-6-12(10)13-11;1-3-4-5-8-11(2)12-9-6-7-10-13-12;1-9(2)8-10(3)11-6-4-5-7-12-11;1-4-8-6-5-7-9(2,3)10-8;1-3-8(2)9-6-4-5-7-10-9;1-7(2)8-5-3-4-6-9-8;1-3-8(2)6-4-5-7-9-8;1-6(2)7-4-3-5-8-7;1-2-6-4-3-5-7-6/h7H,1,8-9H2,2-6H3;3-6,11H,1,7-8H2,2H3;12H,2-10H2,1H3;9,11H,3-8H2,1-2H3;4,8H,1,5-7H2,2-3H3;9H,2-7H2,1H3;8H,1,3-6H2,2H3;3H,1,4-7H2,2H3;7H,1,3-5H2,2H3;2,6H,1,3-5H2/t16-;;;;;;;;7-;6-/m1.......01/s1. The van der Waals surface area contributed by atoms with Gasteiger partial charge in [0.2, 0.25) is 0 Å². The van der Waals surface area contributed by atoms with Crippen molar-refractivity contribution in [3.8, 4) is 11.5 Å². The Morgan fingerprint density at radius 3 is 1.36 bits per heavy atom. The maximum atomic E-state index is 6.20. The van der Waals surface area contributed by atoms with Crippen LogP contribution >= 0.6 is 0 Å². The van der Waals surface area contributed by atoms with Gasteiger partial charge in [-0.2, -0.15) is 0 Å². The minimum atomic E-state index is -0.202. The molecular weight excluding hydrogens is 1340 g/mol. The highest BCUT2D eigenvalue weighted by molar-refractivity contribution is 5.55. The summed E-state index contributed by atoms with van der Waals surface area (Å²) in [5, 5.41) is 0. The van der Waals surface area contributed by atoms with Crippen LogP contribution in [-0.4, -0.2) is 112 Å². The lowest BCUT2D eigenvalue weighted by atomic mass is 9.85. The highest BCUT2D eigenvalue weighted by atomic mass is 16.5. The van der Waals surface area contributed by atoms with Gasteiger partial charge in [0.25, 0.3) is 0 Å². The number of rotatable bonds is 17. The fourth-order valence-corrected chi connectivity index (χ4v) is 14.5. The second-order valence-electron chi connectivity index (χ2n) is 33.2. The Morgan fingerprint density at radius 1 is 0.463 bits per heavy atom. The van der Waals surface area contributed by atoms with Gasteiger partial charge in [-0.05, 0) is 343 Å². The molecule has 0 radical (unpaired) electrons. The lowest BCUT2D eigenvalue weighted by Crippen LogP contribution is -2.34. The fourth-order valence-electron chi connectivity index (χ4n) is 14.5. The van der Waals surface area contributed by atoms with E-state index in [4.69, 9.17) is 47.4 Å². The number of para-hydroxylation sites is 1. The Labute approximate surface area is 663 Å². The Balaban J connectivity index is 0.000000314. The zero-order valence-electron chi connectivity index (χ0n) is 72.0. The van der Waals surface area contributed by atoms with Crippen molar-refractivity contribution >= 4 is 0 Å². The second-order valence-corrected chi connectivity index (χ2v) is 33.2. The van der Waals surface area contributed by atoms with Crippen molar-refractivity contribution in [1.82, 2.24) is 0 Å². The molecule has 12 rings (SSSR count). The third-order valence-electron chi connectivity index (χ3n) is 22.4. The van der Waals surface area contributed by atoms with Gasteiger partial charge in [0.05, 0.1) is 53.9 Å². The van der Waals surface area contributed by atoms with Gasteiger partial charge in [-0.3, -0.25) is 0 Å². The van der Waals surface area contributed by atoms with Gasteiger partial charge in [0.1, 0.15) is 23.2 Å². The third-order valence-corrected chi connectivity index (χ3v) is 22.4. The van der Waals surface area contributed by atoms with Crippen molar-refractivity contribution in [2.24, 2.45) is 5.92 Å². The quantitative estimate of drug-likeness (QED) is 0.113. The second kappa shape index (κ2) is 54.0. The summed E-state index contributed by atoms with van der Waals surface area (Å²) < 4.78 is 56.0. The van der Waals surface area contributed by atoms with Gasteiger partial charge < -0.3 is 47.4 Å². The summed E-state index contributed by atoms with van der Waals surface area (Å²) in [5.74, 6) is 2.84. The Kier molecular flexibility index (Phi) is 48.6. The number of benzene rings is 2. The van der Waals surface area contributed by atoms with Crippen molar-refractivity contribution in [3.05, 3.63) is 181 Å². The minimum Gasteiger partial charge on any atom is -0.486 e. The fraction of sp³-hybridized carbons (Fsp3) is 0.673. The summed E-state index contributed by atoms with van der Waals surface area (Å²) in [5.41, 5.74) is 15.4. The Hall–Kier alpha value is -4.88. The van der Waals surface area contributed by atoms with E-state index in [9.17, 15) is 0 Å². The van der Waals surface area contributed by atoms with Crippen molar-refractivity contribution in [3.63, 3.8) is 0 Å². The van der Waals surface area contributed by atoms with Crippen molar-refractivity contribution in [1.29, 1.82) is 0 Å². The maximum absolute atomic E-state index is 6.20. The summed E-state index contributed by atoms with van der Waals surface area (Å²) in [6.07, 6.45) is 48.7. The van der Waals surface area contributed by atoms with Gasteiger partial charge in [-0.15, -0.1) is 19.7 Å². The van der Waals surface area contributed by atoms with E-state index >= 15 is 0 Å². The van der Waals surface area contributed by atoms with Crippen molar-refractivity contribution in [2.45, 2.75) is 375 Å². The molecule has 0 aromatic heterocycles. The van der Waals surface area contributed by atoms with Crippen LogP contribution in [0.25, 0.3) is 0 Å². The van der Waals surface area contributed by atoms with Crippen LogP contribution in [0, 0.1) is 33.6 Å². The number of unbranched alkanes of at least 4 members (excludes halogenated alkanes) is 2. The van der Waals surface area contributed by atoms with Crippen LogP contribution < -0.4 is 9.47 Å². The molecule has 10 heterocycles. The predicted octanol–water partition coefficient (Wildman–Crippen LogP) is 26.4. The molecule has 10 aliphatic heterocycles. The molecule has 0 saturated carbocycles. The molecule has 2 aromatic rings. The van der Waals surface area contributed by atoms with Gasteiger partial charge >= 0.3 is 0 Å². The van der Waals surface area contributed by atoms with E-state index < -0.39 is 0 Å². The van der Waals surface area contributed by atoms with E-state index in [1.54, 1.807) is 0 Å². The van der Waals surface area contributed by atoms with E-state index in [-0.39, 0.29) is 22.9 Å². The zero-order valence-corrected chi connectivity index (χ0v) is 72.0. The number of fused-ring (bicyclic) bond motifs is 2. The first-order valence-corrected chi connectivity index (χ1v) is 42.6. The molecule has 108 heavy (non-hydrogen) atoms. The highest BCUT2D eigenvalue weighted by Crippen LogP contribution is 2.41. The molecule has 8 saturated heterocycles. The third kappa shape index (κ3) is 38.1. The molecular formula is C98H160O10. The van der Waals surface area contributed by atoms with Crippen LogP contribution in [0.15, 0.2) is 148 Å². The zero-order chi connectivity index (χ0) is 80.1. The summed E-state index contributed by atoms with van der Waals surface area (Å²) in [4.78, 5) is 0. The normalized spacial score (nSPS) is 26.3. The van der Waals surface area contributed by atoms with Gasteiger partial charge in [-0.25, -0.2) is 0 Å². The summed E-state index contributed by atoms with van der Waals surface area (Å²) in [7, 11) is 0. The molecule has 0 spiro atoms. The lowest BCUT2D eigenvalue weighted by molar-refractivity contribution is -0.0856. The molecule has 0 aliphatic carbocycles. The summed E-state index contributed by atoms with van der Waals surface area (Å²) in [6.45, 7) is 77.4. The number of hydrogen-bond acceptors (Lipinski definition) is 10. The van der Waals surface area contributed by atoms with Gasteiger partial charge in [-0.1, -0.05) is 134 Å². The molecule has 10 heteroatoms. The van der Waals surface area contributed by atoms with Crippen LogP contribution in [-0.2, 0) is 50.7 Å². The van der Waals surface area contributed by atoms with E-state index in [0.717, 1.165) is 115 Å². The van der Waals surface area contributed by atoms with Crippen molar-refractivity contribution < 1.29 is 47.4 Å². The minimum absolute atomic E-state index is 0.0156. The lowest BCUT2D eigenvalue weighted by Gasteiger charge is -2.36. The predicted molar refractivity (Wildman–Crippen MR) is 462 cm³/mol. The number of aryl methyl sites for hydroxylation is 1. The molecule has 0 amide bonds. The first-order chi connectivity index (χ1) is 51.5. The Bertz CT molecular complexity index is 2940. The number of ether oxygens (including phenoxy) is 10. The van der Waals surface area contributed by atoms with Crippen LogP contribution in [0.4, 0.5) is 0 Å². The monoisotopic (exact) mass is 1500 g/mol. The molecule has 7 unspecified atom stereocenters. The molecule has 10 nitrogen and oxygen atoms in total. The van der Waals surface area contributed by atoms with Gasteiger partial charge in [0.15, 0.2) is 0 Å². The average molecular weight is 1500 g/mol. The Morgan fingerprint density at radius 2 is 0.944 bits per heavy atom. The maximum Gasteiger partial charge on any atom is 0.127 e. The molecule has 10 atom stereocenters. The molecule has 10 aliphatic rings. The topological polar surface area (TPSA) is 92.3 Å².